The third-order valence-electron chi connectivity index (χ3n) is 5.09. The van der Waals surface area contributed by atoms with Gasteiger partial charge in [-0.05, 0) is 61.0 Å². The minimum absolute atomic E-state index is 0.182. The molecule has 3 heterocycles. The van der Waals surface area contributed by atoms with Crippen LogP contribution in [-0.2, 0) is 0 Å². The molecule has 6 nitrogen and oxygen atoms in total. The Morgan fingerprint density at radius 2 is 2.03 bits per heavy atom. The smallest absolute Gasteiger partial charge is 0.255 e. The van der Waals surface area contributed by atoms with E-state index >= 15 is 0 Å². The number of hydrogen-bond donors (Lipinski definition) is 2. The molecule has 2 aromatic heterocycles. The van der Waals surface area contributed by atoms with E-state index in [4.69, 9.17) is 16.0 Å². The van der Waals surface area contributed by atoms with E-state index in [1.54, 1.807) is 42.8 Å². The minimum Gasteiger partial charge on any atom is -0.464 e. The van der Waals surface area contributed by atoms with Crippen LogP contribution in [0.3, 0.4) is 0 Å². The van der Waals surface area contributed by atoms with Crippen molar-refractivity contribution in [1.29, 1.82) is 0 Å². The fourth-order valence-corrected chi connectivity index (χ4v) is 4.57. The molecule has 2 aromatic carbocycles. The van der Waals surface area contributed by atoms with Gasteiger partial charge in [-0.25, -0.2) is 4.72 Å². The van der Waals surface area contributed by atoms with Crippen LogP contribution in [0.25, 0.3) is 22.2 Å². The van der Waals surface area contributed by atoms with E-state index in [1.165, 1.54) is 0 Å². The van der Waals surface area contributed by atoms with Crippen molar-refractivity contribution in [2.45, 2.75) is 6.42 Å². The lowest BCUT2D eigenvalue weighted by molar-refractivity contribution is 0.102. The number of pyridine rings is 1. The van der Waals surface area contributed by atoms with Gasteiger partial charge in [0, 0.05) is 59.3 Å². The van der Waals surface area contributed by atoms with Gasteiger partial charge in [0.15, 0.2) is 0 Å². The molecule has 8 heteroatoms. The van der Waals surface area contributed by atoms with Crippen molar-refractivity contribution in [2.24, 2.45) is 0 Å². The molecule has 0 bridgehead atoms. The maximum atomic E-state index is 12.8. The van der Waals surface area contributed by atoms with Gasteiger partial charge in [0.1, 0.15) is 5.58 Å². The number of furan rings is 1. The van der Waals surface area contributed by atoms with E-state index in [1.807, 2.05) is 36.4 Å². The van der Waals surface area contributed by atoms with E-state index < -0.39 is 0 Å². The van der Waals surface area contributed by atoms with Crippen LogP contribution < -0.4 is 14.3 Å². The first kappa shape index (κ1) is 19.9. The SMILES string of the molecule is O=C(Nc1ccc(Cl)c(-c2nccc3occc23)c1)c1ccc(N2CCCNS2)cc1. The highest BCUT2D eigenvalue weighted by atomic mass is 35.5. The highest BCUT2D eigenvalue weighted by molar-refractivity contribution is 7.98. The molecule has 31 heavy (non-hydrogen) atoms. The van der Waals surface area contributed by atoms with Crippen molar-refractivity contribution in [3.63, 3.8) is 0 Å². The van der Waals surface area contributed by atoms with Crippen LogP contribution in [0, 0.1) is 0 Å². The Morgan fingerprint density at radius 1 is 1.16 bits per heavy atom. The summed E-state index contributed by atoms with van der Waals surface area (Å²) in [6.07, 6.45) is 4.40. The second-order valence-corrected chi connectivity index (χ2v) is 8.45. The summed E-state index contributed by atoms with van der Waals surface area (Å²) < 4.78 is 10.9. The van der Waals surface area contributed by atoms with Gasteiger partial charge in [0.25, 0.3) is 5.91 Å². The Kier molecular flexibility index (Phi) is 5.55. The number of carbonyl (C=O) groups excluding carboxylic acids is 1. The number of anilines is 2. The number of aromatic nitrogens is 1. The molecule has 156 valence electrons. The molecule has 0 spiro atoms. The number of rotatable bonds is 4. The quantitative estimate of drug-likeness (QED) is 0.385. The summed E-state index contributed by atoms with van der Waals surface area (Å²) in [6.45, 7) is 1.99. The van der Waals surface area contributed by atoms with Gasteiger partial charge in [-0.3, -0.25) is 9.78 Å². The fourth-order valence-electron chi connectivity index (χ4n) is 3.52. The highest BCUT2D eigenvalue weighted by Crippen LogP contribution is 2.34. The molecule has 0 atom stereocenters. The zero-order valence-corrected chi connectivity index (χ0v) is 18.0. The van der Waals surface area contributed by atoms with Crippen LogP contribution in [0.4, 0.5) is 11.4 Å². The van der Waals surface area contributed by atoms with Crippen molar-refractivity contribution in [3.05, 3.63) is 77.6 Å². The molecular formula is C23H19ClN4O2S. The zero-order chi connectivity index (χ0) is 21.2. The average molecular weight is 451 g/mol. The molecule has 1 fully saturated rings. The van der Waals surface area contributed by atoms with Gasteiger partial charge in [-0.2, -0.15) is 0 Å². The number of halogens is 1. The third kappa shape index (κ3) is 4.12. The molecule has 0 aliphatic carbocycles. The standard InChI is InChI=1S/C23H19ClN4O2S/c24-20-7-4-16(14-19(20)22-18-9-13-30-21(18)8-11-25-22)27-23(29)15-2-5-17(6-3-15)28-12-1-10-26-31-28/h2-9,11,13-14,26H,1,10,12H2,(H,27,29). The fraction of sp³-hybridized carbons (Fsp3) is 0.130. The molecule has 0 saturated carbocycles. The van der Waals surface area contributed by atoms with E-state index in [0.29, 0.717) is 22.0 Å². The lowest BCUT2D eigenvalue weighted by Crippen LogP contribution is -2.29. The number of amides is 1. The van der Waals surface area contributed by atoms with Crippen LogP contribution in [0.1, 0.15) is 16.8 Å². The molecule has 1 aliphatic heterocycles. The van der Waals surface area contributed by atoms with Gasteiger partial charge in [0.2, 0.25) is 0 Å². The van der Waals surface area contributed by atoms with E-state index in [0.717, 1.165) is 41.7 Å². The number of benzene rings is 2. The predicted molar refractivity (Wildman–Crippen MR) is 126 cm³/mol. The Morgan fingerprint density at radius 3 is 2.84 bits per heavy atom. The molecular weight excluding hydrogens is 432 g/mol. The molecule has 0 unspecified atom stereocenters. The molecule has 0 radical (unpaired) electrons. The molecule has 5 rings (SSSR count). The molecule has 1 amide bonds. The maximum Gasteiger partial charge on any atom is 0.255 e. The summed E-state index contributed by atoms with van der Waals surface area (Å²) in [5.41, 5.74) is 4.48. The number of fused-ring (bicyclic) bond motifs is 1. The van der Waals surface area contributed by atoms with Crippen LogP contribution in [-0.4, -0.2) is 24.0 Å². The Bertz CT molecular complexity index is 1240. The van der Waals surface area contributed by atoms with Gasteiger partial charge in [-0.15, -0.1) is 0 Å². The van der Waals surface area contributed by atoms with Crippen molar-refractivity contribution < 1.29 is 9.21 Å². The second-order valence-electron chi connectivity index (χ2n) is 7.13. The van der Waals surface area contributed by atoms with Crippen LogP contribution in [0.2, 0.25) is 5.02 Å². The Balaban J connectivity index is 1.37. The number of carbonyl (C=O) groups is 1. The van der Waals surface area contributed by atoms with E-state index in [-0.39, 0.29) is 5.91 Å². The number of nitrogens with zero attached hydrogens (tertiary/aromatic N) is 2. The Labute approximate surface area is 188 Å². The van der Waals surface area contributed by atoms with E-state index in [9.17, 15) is 4.79 Å². The monoisotopic (exact) mass is 450 g/mol. The highest BCUT2D eigenvalue weighted by Gasteiger charge is 2.15. The van der Waals surface area contributed by atoms with Crippen molar-refractivity contribution in [2.75, 3.05) is 22.7 Å². The van der Waals surface area contributed by atoms with Gasteiger partial charge in [-0.1, -0.05) is 11.6 Å². The van der Waals surface area contributed by atoms with Crippen LogP contribution >= 0.6 is 23.7 Å². The summed E-state index contributed by atoms with van der Waals surface area (Å²) in [7, 11) is 0. The summed E-state index contributed by atoms with van der Waals surface area (Å²) in [6, 6.07) is 16.6. The van der Waals surface area contributed by atoms with E-state index in [2.05, 4.69) is 19.3 Å². The van der Waals surface area contributed by atoms with Crippen LogP contribution in [0.15, 0.2) is 71.5 Å². The first-order chi connectivity index (χ1) is 15.2. The topological polar surface area (TPSA) is 70.4 Å². The largest absolute Gasteiger partial charge is 0.464 e. The normalized spacial score (nSPS) is 14.0. The second kappa shape index (κ2) is 8.63. The van der Waals surface area contributed by atoms with Crippen molar-refractivity contribution in [3.8, 4) is 11.3 Å². The summed E-state index contributed by atoms with van der Waals surface area (Å²) in [5.74, 6) is -0.182. The summed E-state index contributed by atoms with van der Waals surface area (Å²) in [4.78, 5) is 17.3. The zero-order valence-electron chi connectivity index (χ0n) is 16.5. The lowest BCUT2D eigenvalue weighted by Gasteiger charge is -2.27. The Hall–Kier alpha value is -3.00. The van der Waals surface area contributed by atoms with Gasteiger partial charge < -0.3 is 14.0 Å². The number of nitrogens with one attached hydrogen (secondary N) is 2. The van der Waals surface area contributed by atoms with Gasteiger partial charge >= 0.3 is 0 Å². The lowest BCUT2D eigenvalue weighted by atomic mass is 10.1. The first-order valence-electron chi connectivity index (χ1n) is 9.90. The van der Waals surface area contributed by atoms with Gasteiger partial charge in [0.05, 0.1) is 17.0 Å². The summed E-state index contributed by atoms with van der Waals surface area (Å²) >= 11 is 8.04. The molecule has 4 aromatic rings. The average Bonchev–Trinajstić information content (AvgIpc) is 3.30. The maximum absolute atomic E-state index is 12.8. The molecule has 2 N–H and O–H groups in total. The molecule has 1 aliphatic rings. The van der Waals surface area contributed by atoms with Crippen LogP contribution in [0.5, 0.6) is 0 Å². The summed E-state index contributed by atoms with van der Waals surface area (Å²) in [5, 5.41) is 4.38. The predicted octanol–water partition coefficient (Wildman–Crippen LogP) is 5.76. The van der Waals surface area contributed by atoms with Crippen molar-refractivity contribution in [1.82, 2.24) is 9.71 Å². The number of hydrogen-bond acceptors (Lipinski definition) is 6. The minimum atomic E-state index is -0.182. The first-order valence-corrected chi connectivity index (χ1v) is 11.0. The van der Waals surface area contributed by atoms with Crippen molar-refractivity contribution >= 4 is 52.0 Å². The third-order valence-corrected chi connectivity index (χ3v) is 6.37. The molecule has 1 saturated heterocycles.